The van der Waals surface area contributed by atoms with E-state index >= 15 is 0 Å². The van der Waals surface area contributed by atoms with Crippen LogP contribution in [-0.2, 0) is 6.42 Å². The first-order chi connectivity index (χ1) is 8.74. The second-order valence-corrected chi connectivity index (χ2v) is 5.81. The molecule has 0 bridgehead atoms. The summed E-state index contributed by atoms with van der Waals surface area (Å²) in [6.07, 6.45) is 5.99. The molecule has 18 heavy (non-hydrogen) atoms. The molecular weight excluding hydrogens is 268 g/mol. The van der Waals surface area contributed by atoms with Crippen LogP contribution in [-0.4, -0.2) is 20.4 Å². The van der Waals surface area contributed by atoms with Crippen LogP contribution in [0.5, 0.6) is 0 Å². The summed E-state index contributed by atoms with van der Waals surface area (Å²) >= 11 is 3.04. The van der Waals surface area contributed by atoms with Crippen LogP contribution in [0, 0.1) is 0 Å². The van der Waals surface area contributed by atoms with Gasteiger partial charge in [-0.25, -0.2) is 9.97 Å². The van der Waals surface area contributed by atoms with E-state index in [-0.39, 0.29) is 6.04 Å². The Labute approximate surface area is 112 Å². The summed E-state index contributed by atoms with van der Waals surface area (Å²) in [6.45, 7) is 1.99. The van der Waals surface area contributed by atoms with Crippen molar-refractivity contribution in [1.29, 1.82) is 0 Å². The minimum Gasteiger partial charge on any atom is -0.440 e. The molecule has 1 unspecified atom stereocenters. The number of hydrogen-bond acceptors (Lipinski definition) is 6. The molecule has 3 rings (SSSR count). The Bertz CT molecular complexity index is 641. The van der Waals surface area contributed by atoms with Crippen molar-refractivity contribution in [2.24, 2.45) is 5.73 Å². The molecule has 94 valence electrons. The Morgan fingerprint density at radius 3 is 3.22 bits per heavy atom. The van der Waals surface area contributed by atoms with Gasteiger partial charge in [-0.05, 0) is 18.7 Å². The lowest BCUT2D eigenvalue weighted by molar-refractivity contribution is 0.454. The van der Waals surface area contributed by atoms with Gasteiger partial charge in [0.1, 0.15) is 11.3 Å². The highest BCUT2D eigenvalue weighted by Gasteiger charge is 2.17. The Balaban J connectivity index is 2.01. The largest absolute Gasteiger partial charge is 0.440 e. The molecule has 0 aliphatic rings. The Hall–Kier alpha value is -1.31. The molecule has 7 heteroatoms. The molecule has 0 fully saturated rings. The van der Waals surface area contributed by atoms with Crippen LogP contribution >= 0.6 is 23.1 Å². The molecule has 2 N–H and O–H groups in total. The van der Waals surface area contributed by atoms with E-state index in [2.05, 4.69) is 14.4 Å². The van der Waals surface area contributed by atoms with E-state index in [0.29, 0.717) is 5.22 Å². The molecule has 0 saturated heterocycles. The number of imidazole rings is 1. The lowest BCUT2D eigenvalue weighted by Crippen LogP contribution is -2.19. The number of fused-ring (bicyclic) bond motifs is 1. The topological polar surface area (TPSA) is 69.3 Å². The fraction of sp³-hybridized carbons (Fsp3) is 0.273. The molecule has 3 heterocycles. The predicted octanol–water partition coefficient (Wildman–Crippen LogP) is 2.42. The molecule has 0 saturated carbocycles. The number of hydrogen-bond donors (Lipinski definition) is 1. The average Bonchev–Trinajstić information content (AvgIpc) is 2.99. The van der Waals surface area contributed by atoms with Gasteiger partial charge in [0, 0.05) is 24.0 Å². The minimum atomic E-state index is 0.0914. The average molecular weight is 280 g/mol. The Morgan fingerprint density at radius 2 is 2.50 bits per heavy atom. The number of nitrogens with zero attached hydrogens (tertiary/aromatic N) is 3. The summed E-state index contributed by atoms with van der Waals surface area (Å²) in [5.41, 5.74) is 7.01. The molecule has 5 nitrogen and oxygen atoms in total. The number of thiazole rings is 1. The first-order valence-corrected chi connectivity index (χ1v) is 7.21. The van der Waals surface area contributed by atoms with E-state index in [0.717, 1.165) is 22.1 Å². The molecule has 0 aromatic carbocycles. The standard InChI is InChI=1S/C11H12N4OS2/c1-7(12)6-8-9(18-11-13-2-4-16-11)14-10-15(8)3-5-17-10/h2-5,7H,6,12H2,1H3. The third-order valence-electron chi connectivity index (χ3n) is 2.43. The zero-order chi connectivity index (χ0) is 12.5. The van der Waals surface area contributed by atoms with Gasteiger partial charge in [-0.15, -0.1) is 11.3 Å². The van der Waals surface area contributed by atoms with Crippen molar-refractivity contribution in [3.63, 3.8) is 0 Å². The zero-order valence-electron chi connectivity index (χ0n) is 9.74. The number of rotatable bonds is 4. The van der Waals surface area contributed by atoms with Crippen molar-refractivity contribution in [2.75, 3.05) is 0 Å². The van der Waals surface area contributed by atoms with Crippen LogP contribution in [0.4, 0.5) is 0 Å². The first-order valence-electron chi connectivity index (χ1n) is 5.51. The van der Waals surface area contributed by atoms with Crippen LogP contribution in [0.15, 0.2) is 38.7 Å². The second-order valence-electron chi connectivity index (χ2n) is 4.00. The van der Waals surface area contributed by atoms with Crippen LogP contribution in [0.3, 0.4) is 0 Å². The third kappa shape index (κ3) is 2.16. The van der Waals surface area contributed by atoms with Crippen LogP contribution < -0.4 is 5.73 Å². The molecule has 3 aromatic heterocycles. The van der Waals surface area contributed by atoms with Crippen LogP contribution in [0.1, 0.15) is 12.6 Å². The van der Waals surface area contributed by atoms with Crippen molar-refractivity contribution in [2.45, 2.75) is 29.6 Å². The fourth-order valence-electron chi connectivity index (χ4n) is 1.73. The quantitative estimate of drug-likeness (QED) is 0.795. The summed E-state index contributed by atoms with van der Waals surface area (Å²) in [4.78, 5) is 9.67. The normalized spacial score (nSPS) is 13.2. The van der Waals surface area contributed by atoms with E-state index in [1.165, 1.54) is 11.8 Å². The Morgan fingerprint density at radius 1 is 1.61 bits per heavy atom. The predicted molar refractivity (Wildman–Crippen MR) is 71.0 cm³/mol. The molecule has 0 radical (unpaired) electrons. The molecule has 0 aliphatic heterocycles. The minimum absolute atomic E-state index is 0.0914. The van der Waals surface area contributed by atoms with E-state index in [1.54, 1.807) is 23.8 Å². The second kappa shape index (κ2) is 4.75. The Kier molecular flexibility index (Phi) is 3.11. The number of oxazole rings is 1. The van der Waals surface area contributed by atoms with Gasteiger partial charge in [0.05, 0.1) is 11.9 Å². The zero-order valence-corrected chi connectivity index (χ0v) is 11.4. The van der Waals surface area contributed by atoms with E-state index < -0.39 is 0 Å². The van der Waals surface area contributed by atoms with Crippen molar-refractivity contribution < 1.29 is 4.42 Å². The van der Waals surface area contributed by atoms with Crippen molar-refractivity contribution in [3.8, 4) is 0 Å². The van der Waals surface area contributed by atoms with Gasteiger partial charge in [0.25, 0.3) is 5.22 Å². The molecule has 3 aromatic rings. The van der Waals surface area contributed by atoms with Gasteiger partial charge < -0.3 is 10.2 Å². The van der Waals surface area contributed by atoms with Gasteiger partial charge in [-0.2, -0.15) is 0 Å². The summed E-state index contributed by atoms with van der Waals surface area (Å²) in [5, 5.41) is 3.54. The lowest BCUT2D eigenvalue weighted by Gasteiger charge is -2.05. The summed E-state index contributed by atoms with van der Waals surface area (Å²) in [7, 11) is 0. The molecule has 1 atom stereocenters. The summed E-state index contributed by atoms with van der Waals surface area (Å²) in [6, 6.07) is 0.0914. The van der Waals surface area contributed by atoms with Gasteiger partial charge in [0.15, 0.2) is 4.96 Å². The maximum absolute atomic E-state index is 5.90. The van der Waals surface area contributed by atoms with Crippen molar-refractivity contribution >= 4 is 28.1 Å². The highest BCUT2D eigenvalue weighted by Crippen LogP contribution is 2.31. The summed E-state index contributed by atoms with van der Waals surface area (Å²) < 4.78 is 7.33. The molecule has 0 aliphatic carbocycles. The maximum Gasteiger partial charge on any atom is 0.262 e. The van der Waals surface area contributed by atoms with Gasteiger partial charge in [0.2, 0.25) is 0 Å². The maximum atomic E-state index is 5.90. The lowest BCUT2D eigenvalue weighted by atomic mass is 10.2. The third-order valence-corrected chi connectivity index (χ3v) is 4.09. The van der Waals surface area contributed by atoms with Gasteiger partial charge in [-0.1, -0.05) is 0 Å². The molecular formula is C11H12N4OS2. The highest BCUT2D eigenvalue weighted by atomic mass is 32.2. The van der Waals surface area contributed by atoms with Crippen LogP contribution in [0.25, 0.3) is 4.96 Å². The first kappa shape index (κ1) is 11.8. The molecule has 0 spiro atoms. The number of nitrogens with two attached hydrogens (primary N) is 1. The van der Waals surface area contributed by atoms with Crippen molar-refractivity contribution in [1.82, 2.24) is 14.4 Å². The fourth-order valence-corrected chi connectivity index (χ4v) is 3.33. The molecule has 0 amide bonds. The van der Waals surface area contributed by atoms with E-state index in [1.807, 2.05) is 18.5 Å². The summed E-state index contributed by atoms with van der Waals surface area (Å²) in [5.74, 6) is 0. The highest BCUT2D eigenvalue weighted by molar-refractivity contribution is 7.99. The SMILES string of the molecule is CC(N)Cc1c(Sc2ncco2)nc2sccn12. The number of aromatic nitrogens is 3. The van der Waals surface area contributed by atoms with Crippen molar-refractivity contribution in [3.05, 3.63) is 29.7 Å². The van der Waals surface area contributed by atoms with E-state index in [4.69, 9.17) is 10.2 Å². The van der Waals surface area contributed by atoms with Gasteiger partial charge in [-0.3, -0.25) is 4.40 Å². The van der Waals surface area contributed by atoms with Gasteiger partial charge >= 0.3 is 0 Å². The van der Waals surface area contributed by atoms with Crippen LogP contribution in [0.2, 0.25) is 0 Å². The smallest absolute Gasteiger partial charge is 0.262 e. The monoisotopic (exact) mass is 280 g/mol. The van der Waals surface area contributed by atoms with E-state index in [9.17, 15) is 0 Å².